The lowest BCUT2D eigenvalue weighted by atomic mass is 10.1. The Labute approximate surface area is 111 Å². The molecule has 0 aliphatic carbocycles. The summed E-state index contributed by atoms with van der Waals surface area (Å²) in [5, 5.41) is 2.66. The average molecular weight is 288 g/mol. The summed E-state index contributed by atoms with van der Waals surface area (Å²) in [5.74, 6) is -0.0187. The first-order chi connectivity index (χ1) is 8.51. The van der Waals surface area contributed by atoms with E-state index in [2.05, 4.69) is 10.0 Å². The van der Waals surface area contributed by atoms with Gasteiger partial charge in [0.1, 0.15) is 4.21 Å². The number of rotatable bonds is 4. The highest BCUT2D eigenvalue weighted by molar-refractivity contribution is 7.91. The lowest BCUT2D eigenvalue weighted by molar-refractivity contribution is -0.122. The van der Waals surface area contributed by atoms with Crippen molar-refractivity contribution in [3.63, 3.8) is 0 Å². The predicted molar refractivity (Wildman–Crippen MR) is 70.1 cm³/mol. The maximum absolute atomic E-state index is 12.1. The highest BCUT2D eigenvalue weighted by atomic mass is 32.2. The van der Waals surface area contributed by atoms with Gasteiger partial charge in [-0.05, 0) is 25.0 Å². The van der Waals surface area contributed by atoms with Gasteiger partial charge in [-0.1, -0.05) is 6.92 Å². The number of amides is 1. The number of hydrogen-bond acceptors (Lipinski definition) is 4. The molecule has 7 heteroatoms. The quantitative estimate of drug-likeness (QED) is 0.863. The molecule has 1 aromatic heterocycles. The molecule has 1 aliphatic rings. The zero-order valence-electron chi connectivity index (χ0n) is 10.1. The van der Waals surface area contributed by atoms with Gasteiger partial charge in [0.15, 0.2) is 0 Å². The summed E-state index contributed by atoms with van der Waals surface area (Å²) in [7, 11) is -3.45. The molecule has 0 bridgehead atoms. The van der Waals surface area contributed by atoms with Crippen molar-refractivity contribution in [3.05, 3.63) is 17.0 Å². The topological polar surface area (TPSA) is 75.3 Å². The van der Waals surface area contributed by atoms with Gasteiger partial charge in [0.2, 0.25) is 15.9 Å². The maximum atomic E-state index is 12.1. The molecule has 18 heavy (non-hydrogen) atoms. The molecule has 5 nitrogen and oxygen atoms in total. The molecule has 2 rings (SSSR count). The summed E-state index contributed by atoms with van der Waals surface area (Å²) in [5.41, 5.74) is 0. The molecule has 1 fully saturated rings. The van der Waals surface area contributed by atoms with Crippen LogP contribution in [0.3, 0.4) is 0 Å². The van der Waals surface area contributed by atoms with E-state index < -0.39 is 10.0 Å². The largest absolute Gasteiger partial charge is 0.355 e. The van der Waals surface area contributed by atoms with Crippen molar-refractivity contribution in [1.82, 2.24) is 10.0 Å². The first-order valence-corrected chi connectivity index (χ1v) is 8.19. The summed E-state index contributed by atoms with van der Waals surface area (Å²) < 4.78 is 27.2. The Bertz CT molecular complexity index is 526. The fourth-order valence-corrected chi connectivity index (χ4v) is 4.39. The Kier molecular flexibility index (Phi) is 4.04. The molecule has 1 amide bonds. The van der Waals surface area contributed by atoms with Crippen LogP contribution >= 0.6 is 11.3 Å². The van der Waals surface area contributed by atoms with Crippen molar-refractivity contribution >= 4 is 27.3 Å². The number of aryl methyl sites for hydroxylation is 1. The molecule has 2 N–H and O–H groups in total. The molecule has 1 aromatic rings. The van der Waals surface area contributed by atoms with Crippen LogP contribution in [0.4, 0.5) is 0 Å². The van der Waals surface area contributed by atoms with Crippen LogP contribution in [0, 0.1) is 0 Å². The van der Waals surface area contributed by atoms with Gasteiger partial charge < -0.3 is 5.32 Å². The second-order valence-electron chi connectivity index (χ2n) is 4.24. The number of sulfonamides is 1. The van der Waals surface area contributed by atoms with Gasteiger partial charge in [0, 0.05) is 23.9 Å². The standard InChI is InChI=1S/C11H16N2O3S2/c1-2-9-4-6-11(17-9)18(15,16)13-8-3-5-10(14)12-7-8/h4,6,8,13H,2-3,5,7H2,1H3,(H,12,14). The zero-order valence-corrected chi connectivity index (χ0v) is 11.7. The van der Waals surface area contributed by atoms with Gasteiger partial charge in [-0.3, -0.25) is 4.79 Å². The Morgan fingerprint density at radius 1 is 1.50 bits per heavy atom. The third kappa shape index (κ3) is 3.09. The summed E-state index contributed by atoms with van der Waals surface area (Å²) in [6, 6.07) is 3.26. The number of carbonyl (C=O) groups excluding carboxylic acids is 1. The Morgan fingerprint density at radius 3 is 2.83 bits per heavy atom. The minimum Gasteiger partial charge on any atom is -0.355 e. The maximum Gasteiger partial charge on any atom is 0.250 e. The third-order valence-electron chi connectivity index (χ3n) is 2.84. The fraction of sp³-hybridized carbons (Fsp3) is 0.545. The smallest absolute Gasteiger partial charge is 0.250 e. The van der Waals surface area contributed by atoms with Crippen LogP contribution in [0.1, 0.15) is 24.6 Å². The van der Waals surface area contributed by atoms with E-state index in [-0.39, 0.29) is 11.9 Å². The van der Waals surface area contributed by atoms with Crippen LogP contribution in [0.2, 0.25) is 0 Å². The first-order valence-electron chi connectivity index (χ1n) is 5.89. The Morgan fingerprint density at radius 2 is 2.28 bits per heavy atom. The predicted octanol–water partition coefficient (Wildman–Crippen LogP) is 0.867. The summed E-state index contributed by atoms with van der Waals surface area (Å²) in [4.78, 5) is 12.0. The summed E-state index contributed by atoms with van der Waals surface area (Å²) >= 11 is 1.29. The molecule has 0 spiro atoms. The molecular weight excluding hydrogens is 272 g/mol. The van der Waals surface area contributed by atoms with Crippen molar-refractivity contribution in [2.75, 3.05) is 6.54 Å². The highest BCUT2D eigenvalue weighted by Gasteiger charge is 2.25. The van der Waals surface area contributed by atoms with Crippen molar-refractivity contribution < 1.29 is 13.2 Å². The van der Waals surface area contributed by atoms with Crippen molar-refractivity contribution in [1.29, 1.82) is 0 Å². The summed E-state index contributed by atoms with van der Waals surface area (Å²) in [6.07, 6.45) is 1.76. The van der Waals surface area contributed by atoms with Crippen LogP contribution in [-0.4, -0.2) is 26.9 Å². The Balaban J connectivity index is 2.05. The Hall–Kier alpha value is -0.920. The highest BCUT2D eigenvalue weighted by Crippen LogP contribution is 2.22. The van der Waals surface area contributed by atoms with E-state index >= 15 is 0 Å². The lowest BCUT2D eigenvalue weighted by Crippen LogP contribution is -2.47. The monoisotopic (exact) mass is 288 g/mol. The van der Waals surface area contributed by atoms with Gasteiger partial charge in [-0.25, -0.2) is 13.1 Å². The van der Waals surface area contributed by atoms with Gasteiger partial charge >= 0.3 is 0 Å². The van der Waals surface area contributed by atoms with Crippen molar-refractivity contribution in [2.45, 2.75) is 36.4 Å². The average Bonchev–Trinajstić information content (AvgIpc) is 2.81. The third-order valence-corrected chi connectivity index (χ3v) is 6.08. The second-order valence-corrected chi connectivity index (χ2v) is 7.34. The van der Waals surface area contributed by atoms with Crippen molar-refractivity contribution in [2.24, 2.45) is 0 Å². The van der Waals surface area contributed by atoms with Crippen LogP contribution in [0.15, 0.2) is 16.3 Å². The number of hydrogen-bond donors (Lipinski definition) is 2. The number of thiophene rings is 1. The normalized spacial score (nSPS) is 20.7. The van der Waals surface area contributed by atoms with E-state index in [0.717, 1.165) is 11.3 Å². The number of piperidine rings is 1. The fourth-order valence-electron chi connectivity index (χ4n) is 1.80. The molecule has 0 radical (unpaired) electrons. The first kappa shape index (κ1) is 13.5. The van der Waals surface area contributed by atoms with Gasteiger partial charge in [-0.15, -0.1) is 11.3 Å². The minimum atomic E-state index is -3.45. The molecule has 1 saturated heterocycles. The van der Waals surface area contributed by atoms with E-state index in [0.29, 0.717) is 23.6 Å². The number of carbonyl (C=O) groups is 1. The molecule has 1 aliphatic heterocycles. The van der Waals surface area contributed by atoms with Crippen LogP contribution in [0.5, 0.6) is 0 Å². The van der Waals surface area contributed by atoms with E-state index in [9.17, 15) is 13.2 Å². The molecule has 0 saturated carbocycles. The van der Waals surface area contributed by atoms with E-state index in [1.54, 1.807) is 6.07 Å². The van der Waals surface area contributed by atoms with Crippen LogP contribution in [0.25, 0.3) is 0 Å². The molecule has 100 valence electrons. The molecule has 2 heterocycles. The molecular formula is C11H16N2O3S2. The number of nitrogens with one attached hydrogen (secondary N) is 2. The zero-order chi connectivity index (χ0) is 13.2. The van der Waals surface area contributed by atoms with E-state index in [1.807, 2.05) is 13.0 Å². The van der Waals surface area contributed by atoms with Gasteiger partial charge in [-0.2, -0.15) is 0 Å². The molecule has 1 atom stereocenters. The minimum absolute atomic E-state index is 0.0187. The van der Waals surface area contributed by atoms with Crippen LogP contribution in [-0.2, 0) is 21.2 Å². The van der Waals surface area contributed by atoms with Crippen LogP contribution < -0.4 is 10.0 Å². The van der Waals surface area contributed by atoms with E-state index in [4.69, 9.17) is 0 Å². The second kappa shape index (κ2) is 5.38. The lowest BCUT2D eigenvalue weighted by Gasteiger charge is -2.22. The van der Waals surface area contributed by atoms with E-state index in [1.165, 1.54) is 11.3 Å². The van der Waals surface area contributed by atoms with Gasteiger partial charge in [0.25, 0.3) is 0 Å². The molecule has 0 aromatic carbocycles. The SMILES string of the molecule is CCc1ccc(S(=O)(=O)NC2CCC(=O)NC2)s1. The van der Waals surface area contributed by atoms with Crippen molar-refractivity contribution in [3.8, 4) is 0 Å². The van der Waals surface area contributed by atoms with Gasteiger partial charge in [0.05, 0.1) is 0 Å². The molecule has 1 unspecified atom stereocenters. The summed E-state index contributed by atoms with van der Waals surface area (Å²) in [6.45, 7) is 2.36.